The van der Waals surface area contributed by atoms with Gasteiger partial charge in [-0.05, 0) is 54.6 Å². The molecule has 0 radical (unpaired) electrons. The normalized spacial score (nSPS) is 13.1. The number of carbonyl (C=O) groups is 2. The second-order valence-corrected chi connectivity index (χ2v) is 6.33. The SMILES string of the molecule is O=C1COc2ccc(C(=O)/C=C/c3ccc(-c4ccccc4Cl)o3)cc2N1. The van der Waals surface area contributed by atoms with Crippen molar-refractivity contribution in [2.45, 2.75) is 0 Å². The van der Waals surface area contributed by atoms with Gasteiger partial charge < -0.3 is 14.5 Å². The lowest BCUT2D eigenvalue weighted by atomic mass is 10.1. The van der Waals surface area contributed by atoms with Gasteiger partial charge in [-0.15, -0.1) is 0 Å². The number of benzene rings is 2. The summed E-state index contributed by atoms with van der Waals surface area (Å²) in [5.41, 5.74) is 1.72. The number of anilines is 1. The van der Waals surface area contributed by atoms with E-state index in [9.17, 15) is 9.59 Å². The van der Waals surface area contributed by atoms with Crippen molar-refractivity contribution in [3.05, 3.63) is 77.0 Å². The highest BCUT2D eigenvalue weighted by Gasteiger charge is 2.17. The van der Waals surface area contributed by atoms with Crippen LogP contribution in [-0.4, -0.2) is 18.3 Å². The van der Waals surface area contributed by atoms with Crippen LogP contribution >= 0.6 is 11.6 Å². The Labute approximate surface area is 160 Å². The van der Waals surface area contributed by atoms with Gasteiger partial charge in [0.25, 0.3) is 5.91 Å². The van der Waals surface area contributed by atoms with Crippen molar-refractivity contribution >= 4 is 35.1 Å². The number of allylic oxidation sites excluding steroid dienone is 1. The van der Waals surface area contributed by atoms with Crippen LogP contribution < -0.4 is 10.1 Å². The quantitative estimate of drug-likeness (QED) is 0.521. The van der Waals surface area contributed by atoms with Gasteiger partial charge in [-0.1, -0.05) is 23.7 Å². The standard InChI is InChI=1S/C21H14ClNO4/c22-16-4-2-1-3-15(16)19-10-7-14(27-19)6-8-18(24)13-5-9-20-17(11-13)23-21(25)12-26-20/h1-11H,12H2,(H,23,25)/b8-6+. The van der Waals surface area contributed by atoms with Gasteiger partial charge in [0.2, 0.25) is 0 Å². The molecule has 0 aliphatic carbocycles. The Bertz CT molecular complexity index is 1070. The van der Waals surface area contributed by atoms with Gasteiger partial charge >= 0.3 is 0 Å². The van der Waals surface area contributed by atoms with Crippen LogP contribution in [0.5, 0.6) is 5.75 Å². The first kappa shape index (κ1) is 17.1. The second-order valence-electron chi connectivity index (χ2n) is 5.93. The van der Waals surface area contributed by atoms with E-state index in [1.165, 1.54) is 6.08 Å². The number of furan rings is 1. The number of halogens is 1. The lowest BCUT2D eigenvalue weighted by molar-refractivity contribution is -0.118. The summed E-state index contributed by atoms with van der Waals surface area (Å²) in [6.45, 7) is -0.0214. The minimum Gasteiger partial charge on any atom is -0.482 e. The van der Waals surface area contributed by atoms with Crippen molar-refractivity contribution in [1.82, 2.24) is 0 Å². The first-order chi connectivity index (χ1) is 13.1. The van der Waals surface area contributed by atoms with E-state index >= 15 is 0 Å². The van der Waals surface area contributed by atoms with E-state index in [1.54, 1.807) is 42.5 Å². The zero-order chi connectivity index (χ0) is 18.8. The minimum atomic E-state index is -0.245. The highest BCUT2D eigenvalue weighted by atomic mass is 35.5. The monoisotopic (exact) mass is 379 g/mol. The smallest absolute Gasteiger partial charge is 0.262 e. The van der Waals surface area contributed by atoms with Crippen LogP contribution in [0, 0.1) is 0 Å². The predicted octanol–water partition coefficient (Wildman–Crippen LogP) is 4.83. The summed E-state index contributed by atoms with van der Waals surface area (Å²) >= 11 is 6.17. The molecular weight excluding hydrogens is 366 g/mol. The average molecular weight is 380 g/mol. The van der Waals surface area contributed by atoms with E-state index in [0.29, 0.717) is 33.5 Å². The van der Waals surface area contributed by atoms with Crippen LogP contribution in [0.1, 0.15) is 16.1 Å². The Morgan fingerprint density at radius 2 is 1.96 bits per heavy atom. The predicted molar refractivity (Wildman–Crippen MR) is 103 cm³/mol. The van der Waals surface area contributed by atoms with Crippen molar-refractivity contribution in [2.75, 3.05) is 11.9 Å². The van der Waals surface area contributed by atoms with Crippen molar-refractivity contribution < 1.29 is 18.7 Å². The third kappa shape index (κ3) is 3.64. The molecule has 1 N–H and O–H groups in total. The molecule has 0 unspecified atom stereocenters. The largest absolute Gasteiger partial charge is 0.482 e. The van der Waals surface area contributed by atoms with Crippen LogP contribution in [0.25, 0.3) is 17.4 Å². The Hall–Kier alpha value is -3.31. The van der Waals surface area contributed by atoms with Gasteiger partial charge in [0.05, 0.1) is 10.7 Å². The lowest BCUT2D eigenvalue weighted by Crippen LogP contribution is -2.25. The number of nitrogens with one attached hydrogen (secondary N) is 1. The molecule has 1 aliphatic rings. The summed E-state index contributed by atoms with van der Waals surface area (Å²) in [7, 11) is 0. The van der Waals surface area contributed by atoms with Gasteiger partial charge in [-0.25, -0.2) is 0 Å². The molecule has 1 aliphatic heterocycles. The molecule has 6 heteroatoms. The first-order valence-electron chi connectivity index (χ1n) is 8.24. The zero-order valence-corrected chi connectivity index (χ0v) is 14.8. The van der Waals surface area contributed by atoms with E-state index in [0.717, 1.165) is 5.56 Å². The lowest BCUT2D eigenvalue weighted by Gasteiger charge is -2.17. The number of amides is 1. The molecule has 0 spiro atoms. The average Bonchev–Trinajstić information content (AvgIpc) is 3.14. The Morgan fingerprint density at radius 1 is 1.11 bits per heavy atom. The molecule has 0 saturated carbocycles. The maximum Gasteiger partial charge on any atom is 0.262 e. The molecule has 1 amide bonds. The molecule has 3 aromatic rings. The molecule has 0 saturated heterocycles. The molecular formula is C21H14ClNO4. The maximum atomic E-state index is 12.4. The highest BCUT2D eigenvalue weighted by Crippen LogP contribution is 2.30. The number of fused-ring (bicyclic) bond motifs is 1. The van der Waals surface area contributed by atoms with Crippen molar-refractivity contribution in [2.24, 2.45) is 0 Å². The highest BCUT2D eigenvalue weighted by molar-refractivity contribution is 6.33. The number of ketones is 1. The third-order valence-corrected chi connectivity index (χ3v) is 4.39. The number of rotatable bonds is 4. The third-order valence-electron chi connectivity index (χ3n) is 4.06. The van der Waals surface area contributed by atoms with Crippen LogP contribution in [0.4, 0.5) is 5.69 Å². The van der Waals surface area contributed by atoms with Crippen molar-refractivity contribution in [3.8, 4) is 17.1 Å². The fourth-order valence-electron chi connectivity index (χ4n) is 2.74. The molecule has 0 bridgehead atoms. The summed E-state index contributed by atoms with van der Waals surface area (Å²) in [5.74, 6) is 1.25. The van der Waals surface area contributed by atoms with Gasteiger partial charge in [0.1, 0.15) is 17.3 Å². The van der Waals surface area contributed by atoms with Gasteiger partial charge in [-0.3, -0.25) is 9.59 Å². The Balaban J connectivity index is 1.52. The maximum absolute atomic E-state index is 12.4. The van der Waals surface area contributed by atoms with Crippen LogP contribution in [0.2, 0.25) is 5.02 Å². The molecule has 0 fully saturated rings. The summed E-state index contributed by atoms with van der Waals surface area (Å²) < 4.78 is 11.0. The van der Waals surface area contributed by atoms with Gasteiger partial charge in [0.15, 0.2) is 12.4 Å². The Kier molecular flexibility index (Phi) is 4.52. The summed E-state index contributed by atoms with van der Waals surface area (Å²) in [4.78, 5) is 23.8. The topological polar surface area (TPSA) is 68.5 Å². The summed E-state index contributed by atoms with van der Waals surface area (Å²) in [6.07, 6.45) is 3.01. The van der Waals surface area contributed by atoms with Gasteiger partial charge in [-0.2, -0.15) is 0 Å². The van der Waals surface area contributed by atoms with E-state index in [4.69, 9.17) is 20.8 Å². The molecule has 0 atom stereocenters. The Morgan fingerprint density at radius 3 is 2.81 bits per heavy atom. The first-order valence-corrected chi connectivity index (χ1v) is 8.62. The number of ether oxygens (including phenoxy) is 1. The zero-order valence-electron chi connectivity index (χ0n) is 14.1. The number of hydrogen-bond donors (Lipinski definition) is 1. The number of carbonyl (C=O) groups excluding carboxylic acids is 2. The van der Waals surface area contributed by atoms with E-state index in [-0.39, 0.29) is 18.3 Å². The molecule has 4 rings (SSSR count). The van der Waals surface area contributed by atoms with Crippen molar-refractivity contribution in [1.29, 1.82) is 0 Å². The molecule has 2 heterocycles. The molecule has 5 nitrogen and oxygen atoms in total. The number of hydrogen-bond acceptors (Lipinski definition) is 4. The molecule has 134 valence electrons. The molecule has 27 heavy (non-hydrogen) atoms. The van der Waals surface area contributed by atoms with E-state index < -0.39 is 0 Å². The van der Waals surface area contributed by atoms with Crippen LogP contribution in [0.3, 0.4) is 0 Å². The molecule has 1 aromatic heterocycles. The second kappa shape index (κ2) is 7.13. The fraction of sp³-hybridized carbons (Fsp3) is 0.0476. The van der Waals surface area contributed by atoms with Gasteiger partial charge in [0, 0.05) is 11.1 Å². The van der Waals surface area contributed by atoms with E-state index in [2.05, 4.69) is 5.32 Å². The van der Waals surface area contributed by atoms with E-state index in [1.807, 2.05) is 18.2 Å². The van der Waals surface area contributed by atoms with Crippen molar-refractivity contribution in [3.63, 3.8) is 0 Å². The van der Waals surface area contributed by atoms with Crippen LogP contribution in [0.15, 0.2) is 65.1 Å². The van der Waals surface area contributed by atoms with Crippen LogP contribution in [-0.2, 0) is 4.79 Å². The minimum absolute atomic E-state index is 0.0214. The molecule has 2 aromatic carbocycles. The summed E-state index contributed by atoms with van der Waals surface area (Å²) in [6, 6.07) is 15.9. The summed E-state index contributed by atoms with van der Waals surface area (Å²) in [5, 5.41) is 3.28. The fourth-order valence-corrected chi connectivity index (χ4v) is 2.97.